The summed E-state index contributed by atoms with van der Waals surface area (Å²) in [5.74, 6) is 1.20. The van der Waals surface area contributed by atoms with E-state index in [0.29, 0.717) is 11.8 Å². The molecule has 0 bridgehead atoms. The molecular weight excluding hydrogens is 228 g/mol. The van der Waals surface area contributed by atoms with Crippen LogP contribution in [-0.2, 0) is 9.53 Å². The predicted molar refractivity (Wildman–Crippen MR) is 70.4 cm³/mol. The average Bonchev–Trinajstić information content (AvgIpc) is 2.39. The van der Waals surface area contributed by atoms with E-state index in [9.17, 15) is 9.90 Å². The molecule has 1 N–H and O–H groups in total. The van der Waals surface area contributed by atoms with Crippen LogP contribution in [0, 0.1) is 23.7 Å². The van der Waals surface area contributed by atoms with Gasteiger partial charge in [0, 0.05) is 13.2 Å². The molecule has 1 heterocycles. The average molecular weight is 254 g/mol. The number of carbonyl (C=O) groups is 1. The molecule has 1 saturated heterocycles. The molecular formula is C15H26O3. The van der Waals surface area contributed by atoms with E-state index in [4.69, 9.17) is 4.74 Å². The molecule has 1 saturated carbocycles. The summed E-state index contributed by atoms with van der Waals surface area (Å²) in [5, 5.41) is 9.37. The second-order valence-electron chi connectivity index (χ2n) is 6.08. The first-order valence-electron chi connectivity index (χ1n) is 7.51. The highest BCUT2D eigenvalue weighted by Gasteiger charge is 2.35. The zero-order chi connectivity index (χ0) is 13.0. The zero-order valence-electron chi connectivity index (χ0n) is 11.4. The highest BCUT2D eigenvalue weighted by atomic mass is 16.5. The number of carboxylic acids is 1. The van der Waals surface area contributed by atoms with Crippen molar-refractivity contribution in [3.05, 3.63) is 0 Å². The molecule has 3 unspecified atom stereocenters. The number of aliphatic carboxylic acids is 1. The number of rotatable bonds is 4. The molecule has 104 valence electrons. The van der Waals surface area contributed by atoms with Crippen LogP contribution < -0.4 is 0 Å². The second kappa shape index (κ2) is 6.55. The van der Waals surface area contributed by atoms with E-state index >= 15 is 0 Å². The molecule has 2 fully saturated rings. The Morgan fingerprint density at radius 3 is 2.50 bits per heavy atom. The summed E-state index contributed by atoms with van der Waals surface area (Å²) in [5.41, 5.74) is 0. The maximum absolute atomic E-state index is 11.4. The van der Waals surface area contributed by atoms with Crippen LogP contribution in [0.5, 0.6) is 0 Å². The SMILES string of the molecule is CCC1CCC(C(=O)O)C(CC2CCOCC2)C1. The van der Waals surface area contributed by atoms with Crippen LogP contribution in [0.4, 0.5) is 0 Å². The maximum atomic E-state index is 11.4. The molecule has 0 aromatic carbocycles. The van der Waals surface area contributed by atoms with Crippen molar-refractivity contribution >= 4 is 5.97 Å². The van der Waals surface area contributed by atoms with Crippen molar-refractivity contribution in [2.75, 3.05) is 13.2 Å². The normalized spacial score (nSPS) is 34.4. The second-order valence-corrected chi connectivity index (χ2v) is 6.08. The molecule has 18 heavy (non-hydrogen) atoms. The van der Waals surface area contributed by atoms with Gasteiger partial charge in [0.25, 0.3) is 0 Å². The van der Waals surface area contributed by atoms with Crippen molar-refractivity contribution in [1.29, 1.82) is 0 Å². The van der Waals surface area contributed by atoms with Crippen molar-refractivity contribution in [2.45, 2.75) is 51.9 Å². The molecule has 0 aromatic rings. The molecule has 1 aliphatic carbocycles. The molecule has 0 aromatic heterocycles. The summed E-state index contributed by atoms with van der Waals surface area (Å²) in [6, 6.07) is 0. The fourth-order valence-corrected chi connectivity index (χ4v) is 3.73. The monoisotopic (exact) mass is 254 g/mol. The number of ether oxygens (including phenoxy) is 1. The third-order valence-corrected chi connectivity index (χ3v) is 4.96. The number of carboxylic acid groups (broad SMARTS) is 1. The van der Waals surface area contributed by atoms with Crippen molar-refractivity contribution in [3.63, 3.8) is 0 Å². The Morgan fingerprint density at radius 2 is 1.89 bits per heavy atom. The Kier molecular flexibility index (Phi) is 5.04. The minimum absolute atomic E-state index is 0.0874. The van der Waals surface area contributed by atoms with E-state index < -0.39 is 5.97 Å². The van der Waals surface area contributed by atoms with Crippen molar-refractivity contribution in [1.82, 2.24) is 0 Å². The van der Waals surface area contributed by atoms with Gasteiger partial charge < -0.3 is 9.84 Å². The quantitative estimate of drug-likeness (QED) is 0.837. The summed E-state index contributed by atoms with van der Waals surface area (Å²) in [6.45, 7) is 3.97. The van der Waals surface area contributed by atoms with Crippen molar-refractivity contribution in [3.8, 4) is 0 Å². The largest absolute Gasteiger partial charge is 0.481 e. The Bertz CT molecular complexity index is 271. The van der Waals surface area contributed by atoms with Crippen LogP contribution >= 0.6 is 0 Å². The van der Waals surface area contributed by atoms with E-state index in [1.165, 1.54) is 6.42 Å². The van der Waals surface area contributed by atoms with E-state index in [-0.39, 0.29) is 5.92 Å². The molecule has 3 heteroatoms. The number of hydrogen-bond acceptors (Lipinski definition) is 2. The zero-order valence-corrected chi connectivity index (χ0v) is 11.4. The molecule has 2 rings (SSSR count). The van der Waals surface area contributed by atoms with Crippen LogP contribution in [0.15, 0.2) is 0 Å². The van der Waals surface area contributed by atoms with Gasteiger partial charge in [-0.1, -0.05) is 13.3 Å². The third-order valence-electron chi connectivity index (χ3n) is 4.96. The molecule has 0 radical (unpaired) electrons. The Labute approximate surface area is 110 Å². The van der Waals surface area contributed by atoms with Gasteiger partial charge in [-0.2, -0.15) is 0 Å². The summed E-state index contributed by atoms with van der Waals surface area (Å²) in [4.78, 5) is 11.4. The minimum Gasteiger partial charge on any atom is -0.481 e. The van der Waals surface area contributed by atoms with Gasteiger partial charge >= 0.3 is 5.97 Å². The van der Waals surface area contributed by atoms with Gasteiger partial charge in [0.2, 0.25) is 0 Å². The molecule has 3 atom stereocenters. The van der Waals surface area contributed by atoms with Gasteiger partial charge in [-0.3, -0.25) is 4.79 Å². The smallest absolute Gasteiger partial charge is 0.306 e. The maximum Gasteiger partial charge on any atom is 0.306 e. The highest BCUT2D eigenvalue weighted by molar-refractivity contribution is 5.70. The van der Waals surface area contributed by atoms with Crippen LogP contribution in [0.3, 0.4) is 0 Å². The van der Waals surface area contributed by atoms with Gasteiger partial charge in [-0.05, 0) is 56.3 Å². The summed E-state index contributed by atoms with van der Waals surface area (Å²) < 4.78 is 5.39. The van der Waals surface area contributed by atoms with Gasteiger partial charge in [-0.25, -0.2) is 0 Å². The van der Waals surface area contributed by atoms with Gasteiger partial charge in [0.1, 0.15) is 0 Å². The van der Waals surface area contributed by atoms with E-state index in [2.05, 4.69) is 6.92 Å². The molecule has 3 nitrogen and oxygen atoms in total. The minimum atomic E-state index is -0.568. The Hall–Kier alpha value is -0.570. The van der Waals surface area contributed by atoms with Crippen LogP contribution in [0.25, 0.3) is 0 Å². The third kappa shape index (κ3) is 3.47. The lowest BCUT2D eigenvalue weighted by atomic mass is 9.69. The summed E-state index contributed by atoms with van der Waals surface area (Å²) in [6.07, 6.45) is 7.69. The molecule has 2 aliphatic rings. The fraction of sp³-hybridized carbons (Fsp3) is 0.933. The Morgan fingerprint density at radius 1 is 1.17 bits per heavy atom. The van der Waals surface area contributed by atoms with Crippen LogP contribution in [0.2, 0.25) is 0 Å². The fourth-order valence-electron chi connectivity index (χ4n) is 3.73. The first-order valence-corrected chi connectivity index (χ1v) is 7.51. The lowest BCUT2D eigenvalue weighted by molar-refractivity contribution is -0.145. The van der Waals surface area contributed by atoms with Crippen molar-refractivity contribution in [2.24, 2.45) is 23.7 Å². The summed E-state index contributed by atoms with van der Waals surface area (Å²) >= 11 is 0. The lowest BCUT2D eigenvalue weighted by Crippen LogP contribution is -2.33. The predicted octanol–water partition coefficient (Wildman–Crippen LogP) is 3.33. The Balaban J connectivity index is 1.93. The van der Waals surface area contributed by atoms with E-state index in [0.717, 1.165) is 57.7 Å². The summed E-state index contributed by atoms with van der Waals surface area (Å²) in [7, 11) is 0. The van der Waals surface area contributed by atoms with Gasteiger partial charge in [0.05, 0.1) is 5.92 Å². The van der Waals surface area contributed by atoms with Crippen LogP contribution in [0.1, 0.15) is 51.9 Å². The molecule has 1 aliphatic heterocycles. The standard InChI is InChI=1S/C15H26O3/c1-2-11-3-4-14(15(16)17)13(9-11)10-12-5-7-18-8-6-12/h11-14H,2-10H2,1H3,(H,16,17). The topological polar surface area (TPSA) is 46.5 Å². The lowest BCUT2D eigenvalue weighted by Gasteiger charge is -2.36. The van der Waals surface area contributed by atoms with Gasteiger partial charge in [0.15, 0.2) is 0 Å². The first-order chi connectivity index (χ1) is 8.70. The number of hydrogen-bond donors (Lipinski definition) is 1. The van der Waals surface area contributed by atoms with E-state index in [1.54, 1.807) is 0 Å². The highest BCUT2D eigenvalue weighted by Crippen LogP contribution is 2.40. The van der Waals surface area contributed by atoms with Crippen molar-refractivity contribution < 1.29 is 14.6 Å². The molecule has 0 spiro atoms. The molecule has 0 amide bonds. The van der Waals surface area contributed by atoms with Gasteiger partial charge in [-0.15, -0.1) is 0 Å². The van der Waals surface area contributed by atoms with Crippen LogP contribution in [-0.4, -0.2) is 24.3 Å². The first kappa shape index (κ1) is 13.9. The van der Waals surface area contributed by atoms with E-state index in [1.807, 2.05) is 0 Å².